The zero-order chi connectivity index (χ0) is 23.3. The van der Waals surface area contributed by atoms with Crippen LogP contribution in [0.4, 0.5) is 5.69 Å². The summed E-state index contributed by atoms with van der Waals surface area (Å²) in [5.41, 5.74) is 1.42. The fourth-order valence-electron chi connectivity index (χ4n) is 2.78. The van der Waals surface area contributed by atoms with Gasteiger partial charge in [0.05, 0.1) is 34.3 Å². The highest BCUT2D eigenvalue weighted by atomic mass is 79.9. The Morgan fingerprint density at radius 2 is 1.97 bits per heavy atom. The molecule has 3 rings (SSSR count). The number of benzene rings is 2. The summed E-state index contributed by atoms with van der Waals surface area (Å²) >= 11 is 11.0. The number of carbonyl (C=O) groups is 2. The smallest absolute Gasteiger partial charge is 0.343 e. The number of hydrogen-bond acceptors (Lipinski definition) is 7. The second-order valence-electron chi connectivity index (χ2n) is 6.43. The van der Waals surface area contributed by atoms with Crippen molar-refractivity contribution in [2.75, 3.05) is 27.4 Å². The van der Waals surface area contributed by atoms with E-state index in [1.165, 1.54) is 18.9 Å². The molecule has 0 N–H and O–H groups in total. The Balaban J connectivity index is 1.85. The fourth-order valence-corrected chi connectivity index (χ4v) is 4.83. The van der Waals surface area contributed by atoms with Gasteiger partial charge in [0.2, 0.25) is 0 Å². The van der Waals surface area contributed by atoms with Gasteiger partial charge >= 0.3 is 5.97 Å². The number of amidine groups is 1. The van der Waals surface area contributed by atoms with Crippen LogP contribution in [0.2, 0.25) is 5.02 Å². The molecule has 0 unspecified atom stereocenters. The molecule has 1 saturated heterocycles. The molecular formula is C22H20BrClN2O5S. The van der Waals surface area contributed by atoms with Gasteiger partial charge in [-0.05, 0) is 82.7 Å². The average Bonchev–Trinajstić information content (AvgIpc) is 3.07. The second kappa shape index (κ2) is 10.9. The average molecular weight is 540 g/mol. The maximum atomic E-state index is 12.9. The number of thioether (sulfide) groups is 1. The normalized spacial score (nSPS) is 16.0. The maximum absolute atomic E-state index is 12.9. The van der Waals surface area contributed by atoms with Crippen LogP contribution >= 0.6 is 39.3 Å². The molecule has 0 saturated carbocycles. The lowest BCUT2D eigenvalue weighted by molar-refractivity contribution is -0.142. The first-order valence-corrected chi connectivity index (χ1v) is 11.5. The summed E-state index contributed by atoms with van der Waals surface area (Å²) in [6.07, 6.45) is 1.74. The predicted molar refractivity (Wildman–Crippen MR) is 130 cm³/mol. The van der Waals surface area contributed by atoms with Gasteiger partial charge in [-0.1, -0.05) is 11.6 Å². The number of esters is 1. The lowest BCUT2D eigenvalue weighted by Gasteiger charge is -2.12. The minimum Gasteiger partial charge on any atom is -0.497 e. The van der Waals surface area contributed by atoms with E-state index in [-0.39, 0.29) is 12.5 Å². The van der Waals surface area contributed by atoms with E-state index in [1.807, 2.05) is 31.2 Å². The Labute approximate surface area is 203 Å². The van der Waals surface area contributed by atoms with Crippen molar-refractivity contribution in [2.24, 2.45) is 4.99 Å². The number of nitrogens with zero attached hydrogens (tertiary/aromatic N) is 2. The van der Waals surface area contributed by atoms with Gasteiger partial charge < -0.3 is 14.2 Å². The maximum Gasteiger partial charge on any atom is 0.343 e. The summed E-state index contributed by atoms with van der Waals surface area (Å²) in [6.45, 7) is 2.12. The largest absolute Gasteiger partial charge is 0.497 e. The molecule has 0 radical (unpaired) electrons. The van der Waals surface area contributed by atoms with Gasteiger partial charge in [0.15, 0.2) is 17.5 Å². The van der Waals surface area contributed by atoms with Crippen molar-refractivity contribution in [1.29, 1.82) is 0 Å². The van der Waals surface area contributed by atoms with Gasteiger partial charge in [0.25, 0.3) is 5.91 Å². The summed E-state index contributed by atoms with van der Waals surface area (Å²) in [4.78, 5) is 31.0. The van der Waals surface area contributed by atoms with E-state index in [2.05, 4.69) is 25.7 Å². The molecule has 1 fully saturated rings. The molecule has 0 bridgehead atoms. The number of aliphatic imine (C=N–C) groups is 1. The number of methoxy groups -OCH3 is 2. The molecule has 2 aromatic rings. The van der Waals surface area contributed by atoms with Crippen molar-refractivity contribution >= 4 is 68.1 Å². The molecule has 1 aliphatic rings. The van der Waals surface area contributed by atoms with Crippen LogP contribution in [-0.2, 0) is 14.3 Å². The molecule has 2 aromatic carbocycles. The first-order chi connectivity index (χ1) is 15.4. The van der Waals surface area contributed by atoms with E-state index >= 15 is 0 Å². The minimum absolute atomic E-state index is 0.136. The lowest BCUT2D eigenvalue weighted by Crippen LogP contribution is -2.28. The number of amides is 1. The number of rotatable bonds is 7. The number of likely N-dealkylation sites (N-methyl/N-ethyl adjacent to an activating group) is 1. The van der Waals surface area contributed by atoms with Crippen molar-refractivity contribution in [2.45, 2.75) is 6.92 Å². The van der Waals surface area contributed by atoms with Gasteiger partial charge in [0.1, 0.15) is 5.75 Å². The van der Waals surface area contributed by atoms with Gasteiger partial charge in [-0.3, -0.25) is 9.69 Å². The van der Waals surface area contributed by atoms with E-state index in [0.29, 0.717) is 37.4 Å². The Kier molecular flexibility index (Phi) is 8.22. The van der Waals surface area contributed by atoms with Gasteiger partial charge in [-0.2, -0.15) is 0 Å². The third-order valence-electron chi connectivity index (χ3n) is 4.38. The molecule has 168 valence electrons. The topological polar surface area (TPSA) is 77.4 Å². The lowest BCUT2D eigenvalue weighted by atomic mass is 10.2. The number of hydrogen-bond donors (Lipinski definition) is 0. The van der Waals surface area contributed by atoms with Crippen LogP contribution in [0.25, 0.3) is 6.08 Å². The highest BCUT2D eigenvalue weighted by molar-refractivity contribution is 9.10. The number of carbonyl (C=O) groups excluding carboxylic acids is 2. The van der Waals surface area contributed by atoms with E-state index in [4.69, 9.17) is 21.1 Å². The van der Waals surface area contributed by atoms with Crippen molar-refractivity contribution < 1.29 is 23.8 Å². The molecule has 0 atom stereocenters. The summed E-state index contributed by atoms with van der Waals surface area (Å²) in [6, 6.07) is 10.7. The van der Waals surface area contributed by atoms with Crippen LogP contribution in [0, 0.1) is 0 Å². The molecule has 7 nitrogen and oxygen atoms in total. The summed E-state index contributed by atoms with van der Waals surface area (Å²) in [5.74, 6) is 0.401. The van der Waals surface area contributed by atoms with E-state index in [0.717, 1.165) is 11.4 Å². The zero-order valence-corrected chi connectivity index (χ0v) is 20.7. The van der Waals surface area contributed by atoms with E-state index < -0.39 is 5.97 Å². The molecule has 1 aliphatic heterocycles. The van der Waals surface area contributed by atoms with Gasteiger partial charge in [0, 0.05) is 6.54 Å². The standard InChI is InChI=1S/C22H20BrClN2O5S/c1-4-26-21(28)18(32-22(26)25-14-5-7-15(29-2)8-6-14)11-13-9-16(23)20(17(24)10-13)31-12-19(27)30-3/h5-11H,4,12H2,1-3H3/b18-11+,25-22?. The van der Waals surface area contributed by atoms with Crippen molar-refractivity contribution in [3.63, 3.8) is 0 Å². The Bertz CT molecular complexity index is 1070. The molecule has 0 spiro atoms. The van der Waals surface area contributed by atoms with Crippen LogP contribution < -0.4 is 9.47 Å². The predicted octanol–water partition coefficient (Wildman–Crippen LogP) is 5.29. The monoisotopic (exact) mass is 538 g/mol. The molecule has 0 aliphatic carbocycles. The van der Waals surface area contributed by atoms with Crippen LogP contribution in [0.5, 0.6) is 11.5 Å². The van der Waals surface area contributed by atoms with Gasteiger partial charge in [-0.25, -0.2) is 9.79 Å². The van der Waals surface area contributed by atoms with E-state index in [1.54, 1.807) is 30.2 Å². The third-order valence-corrected chi connectivity index (χ3v) is 6.26. The third kappa shape index (κ3) is 5.65. The molecule has 10 heteroatoms. The van der Waals surface area contributed by atoms with Crippen molar-refractivity contribution in [3.05, 3.63) is 56.4 Å². The first-order valence-electron chi connectivity index (χ1n) is 9.49. The molecule has 1 amide bonds. The van der Waals surface area contributed by atoms with Crippen LogP contribution in [0.3, 0.4) is 0 Å². The van der Waals surface area contributed by atoms with Crippen molar-refractivity contribution in [3.8, 4) is 11.5 Å². The molecule has 32 heavy (non-hydrogen) atoms. The molecule has 1 heterocycles. The SMILES string of the molecule is CCN1C(=O)/C(=C\c2cc(Cl)c(OCC(=O)OC)c(Br)c2)SC1=Nc1ccc(OC)cc1. The quantitative estimate of drug-likeness (QED) is 0.352. The molecule has 0 aromatic heterocycles. The summed E-state index contributed by atoms with van der Waals surface area (Å²) in [5, 5.41) is 0.891. The first kappa shape index (κ1) is 24.2. The number of ether oxygens (including phenoxy) is 3. The Morgan fingerprint density at radius 3 is 2.56 bits per heavy atom. The Hall–Kier alpha value is -2.49. The van der Waals surface area contributed by atoms with Crippen LogP contribution in [-0.4, -0.2) is 49.3 Å². The van der Waals surface area contributed by atoms with Crippen LogP contribution in [0.15, 0.2) is 50.8 Å². The fraction of sp³-hybridized carbons (Fsp3) is 0.227. The van der Waals surface area contributed by atoms with E-state index in [9.17, 15) is 9.59 Å². The number of halogens is 2. The minimum atomic E-state index is -0.518. The summed E-state index contributed by atoms with van der Waals surface area (Å²) < 4.78 is 15.7. The molecular weight excluding hydrogens is 520 g/mol. The van der Waals surface area contributed by atoms with Crippen LogP contribution in [0.1, 0.15) is 12.5 Å². The van der Waals surface area contributed by atoms with Gasteiger partial charge in [-0.15, -0.1) is 0 Å². The highest BCUT2D eigenvalue weighted by Gasteiger charge is 2.32. The highest BCUT2D eigenvalue weighted by Crippen LogP contribution is 2.38. The second-order valence-corrected chi connectivity index (χ2v) is 8.70. The Morgan fingerprint density at radius 1 is 1.25 bits per heavy atom. The zero-order valence-electron chi connectivity index (χ0n) is 17.6. The summed E-state index contributed by atoms with van der Waals surface area (Å²) in [7, 11) is 2.88. The van der Waals surface area contributed by atoms with Crippen molar-refractivity contribution in [1.82, 2.24) is 4.90 Å².